The van der Waals surface area contributed by atoms with Crippen LogP contribution in [0.2, 0.25) is 0 Å². The zero-order valence-corrected chi connectivity index (χ0v) is 13.0. The summed E-state index contributed by atoms with van der Waals surface area (Å²) in [5.74, 6) is -1.54. The van der Waals surface area contributed by atoms with Gasteiger partial charge in [-0.1, -0.05) is 6.07 Å². The molecule has 0 bridgehead atoms. The molecule has 1 aliphatic rings. The van der Waals surface area contributed by atoms with E-state index in [4.69, 9.17) is 0 Å². The fourth-order valence-electron chi connectivity index (χ4n) is 3.06. The van der Waals surface area contributed by atoms with Gasteiger partial charge in [0.25, 0.3) is 0 Å². The Hall–Kier alpha value is -2.17. The number of hydrogen-bond donors (Lipinski definition) is 1. The topological polar surface area (TPSA) is 15.3 Å². The SMILES string of the molecule is CC(Nc1ccc(N2CCCC2)c(F)c1)c1c(F)cccc1F. The lowest BCUT2D eigenvalue weighted by Crippen LogP contribution is -2.19. The zero-order valence-electron chi connectivity index (χ0n) is 13.0. The van der Waals surface area contributed by atoms with Crippen molar-refractivity contribution >= 4 is 11.4 Å². The number of hydrogen-bond acceptors (Lipinski definition) is 2. The van der Waals surface area contributed by atoms with E-state index in [1.807, 2.05) is 4.90 Å². The zero-order chi connectivity index (χ0) is 16.4. The fraction of sp³-hybridized carbons (Fsp3) is 0.333. The average molecular weight is 320 g/mol. The minimum atomic E-state index is -0.612. The van der Waals surface area contributed by atoms with Crippen LogP contribution < -0.4 is 10.2 Å². The van der Waals surface area contributed by atoms with E-state index in [1.54, 1.807) is 19.1 Å². The summed E-state index contributed by atoms with van der Waals surface area (Å²) in [5, 5.41) is 2.96. The van der Waals surface area contributed by atoms with Crippen LogP contribution in [0, 0.1) is 17.5 Å². The maximum atomic E-state index is 14.3. The first kappa shape index (κ1) is 15.7. The Kier molecular flexibility index (Phi) is 4.46. The molecule has 1 saturated heterocycles. The molecule has 0 spiro atoms. The maximum absolute atomic E-state index is 14.3. The van der Waals surface area contributed by atoms with Gasteiger partial charge in [0.1, 0.15) is 17.5 Å². The molecule has 1 heterocycles. The molecule has 1 unspecified atom stereocenters. The van der Waals surface area contributed by atoms with Crippen LogP contribution in [-0.4, -0.2) is 13.1 Å². The first-order chi connectivity index (χ1) is 11.1. The molecule has 2 aromatic carbocycles. The molecule has 5 heteroatoms. The van der Waals surface area contributed by atoms with Gasteiger partial charge in [0, 0.05) is 24.3 Å². The number of halogens is 3. The van der Waals surface area contributed by atoms with E-state index in [2.05, 4.69) is 5.32 Å². The summed E-state index contributed by atoms with van der Waals surface area (Å²) in [6, 6.07) is 7.99. The first-order valence-electron chi connectivity index (χ1n) is 7.81. The van der Waals surface area contributed by atoms with Crippen LogP contribution in [0.4, 0.5) is 24.5 Å². The minimum absolute atomic E-state index is 0.0449. The number of anilines is 2. The van der Waals surface area contributed by atoms with Crippen molar-refractivity contribution in [1.29, 1.82) is 0 Å². The Morgan fingerprint density at radius 2 is 1.61 bits per heavy atom. The van der Waals surface area contributed by atoms with Gasteiger partial charge in [-0.25, -0.2) is 13.2 Å². The van der Waals surface area contributed by atoms with Crippen LogP contribution in [-0.2, 0) is 0 Å². The number of nitrogens with zero attached hydrogens (tertiary/aromatic N) is 1. The van der Waals surface area contributed by atoms with Crippen molar-refractivity contribution < 1.29 is 13.2 Å². The molecule has 2 nitrogen and oxygen atoms in total. The molecule has 122 valence electrons. The largest absolute Gasteiger partial charge is 0.378 e. The summed E-state index contributed by atoms with van der Waals surface area (Å²) in [6.07, 6.45) is 2.14. The standard InChI is InChI=1S/C18H19F3N2/c1-12(18-14(19)5-4-6-15(18)20)22-13-7-8-17(16(21)11-13)23-9-2-3-10-23/h4-8,11-12,22H,2-3,9-10H2,1H3. The van der Waals surface area contributed by atoms with Gasteiger partial charge >= 0.3 is 0 Å². The third-order valence-electron chi connectivity index (χ3n) is 4.21. The predicted molar refractivity (Wildman–Crippen MR) is 86.2 cm³/mol. The normalized spacial score (nSPS) is 15.7. The molecule has 0 aliphatic carbocycles. The summed E-state index contributed by atoms with van der Waals surface area (Å²) in [4.78, 5) is 2.01. The summed E-state index contributed by atoms with van der Waals surface area (Å²) in [6.45, 7) is 3.37. The predicted octanol–water partition coefficient (Wildman–Crippen LogP) is 4.88. The number of nitrogens with one attached hydrogen (secondary N) is 1. The maximum Gasteiger partial charge on any atom is 0.148 e. The quantitative estimate of drug-likeness (QED) is 0.864. The Labute approximate surface area is 133 Å². The minimum Gasteiger partial charge on any atom is -0.378 e. The van der Waals surface area contributed by atoms with Crippen LogP contribution in [0.1, 0.15) is 31.4 Å². The number of rotatable bonds is 4. The highest BCUT2D eigenvalue weighted by atomic mass is 19.1. The van der Waals surface area contributed by atoms with Crippen molar-refractivity contribution in [3.8, 4) is 0 Å². The highest BCUT2D eigenvalue weighted by Gasteiger charge is 2.18. The lowest BCUT2D eigenvalue weighted by Gasteiger charge is -2.21. The van der Waals surface area contributed by atoms with Crippen molar-refractivity contribution in [3.63, 3.8) is 0 Å². The second-order valence-electron chi connectivity index (χ2n) is 5.86. The van der Waals surface area contributed by atoms with E-state index < -0.39 is 17.7 Å². The highest BCUT2D eigenvalue weighted by molar-refractivity contribution is 5.57. The van der Waals surface area contributed by atoms with Crippen LogP contribution in [0.25, 0.3) is 0 Å². The first-order valence-corrected chi connectivity index (χ1v) is 7.81. The molecule has 0 saturated carbocycles. The van der Waals surface area contributed by atoms with Crippen molar-refractivity contribution in [1.82, 2.24) is 0 Å². The van der Waals surface area contributed by atoms with Gasteiger partial charge in [-0.3, -0.25) is 0 Å². The monoisotopic (exact) mass is 320 g/mol. The van der Waals surface area contributed by atoms with Crippen LogP contribution in [0.15, 0.2) is 36.4 Å². The Balaban J connectivity index is 1.79. The van der Waals surface area contributed by atoms with Gasteiger partial charge in [0.15, 0.2) is 0 Å². The Morgan fingerprint density at radius 3 is 2.22 bits per heavy atom. The number of benzene rings is 2. The van der Waals surface area contributed by atoms with Crippen LogP contribution in [0.5, 0.6) is 0 Å². The molecular formula is C18H19F3N2. The second kappa shape index (κ2) is 6.52. The van der Waals surface area contributed by atoms with E-state index in [0.29, 0.717) is 11.4 Å². The van der Waals surface area contributed by atoms with Gasteiger partial charge in [-0.2, -0.15) is 0 Å². The summed E-state index contributed by atoms with van der Waals surface area (Å²) >= 11 is 0. The van der Waals surface area contributed by atoms with Crippen LogP contribution >= 0.6 is 0 Å². The van der Waals surface area contributed by atoms with Gasteiger partial charge in [-0.05, 0) is 50.1 Å². The summed E-state index contributed by atoms with van der Waals surface area (Å²) < 4.78 is 41.9. The van der Waals surface area contributed by atoms with Crippen molar-refractivity contribution in [3.05, 3.63) is 59.4 Å². The average Bonchev–Trinajstić information content (AvgIpc) is 3.01. The summed E-state index contributed by atoms with van der Waals surface area (Å²) in [5.41, 5.74) is 1.04. The molecule has 0 radical (unpaired) electrons. The van der Waals surface area contributed by atoms with E-state index in [-0.39, 0.29) is 11.4 Å². The molecule has 23 heavy (non-hydrogen) atoms. The molecule has 2 aromatic rings. The highest BCUT2D eigenvalue weighted by Crippen LogP contribution is 2.29. The van der Waals surface area contributed by atoms with Crippen molar-refractivity contribution in [2.24, 2.45) is 0 Å². The molecule has 3 rings (SSSR count). The third-order valence-corrected chi connectivity index (χ3v) is 4.21. The fourth-order valence-corrected chi connectivity index (χ4v) is 3.06. The molecular weight excluding hydrogens is 301 g/mol. The Morgan fingerprint density at radius 1 is 0.957 bits per heavy atom. The van der Waals surface area contributed by atoms with Crippen molar-refractivity contribution in [2.75, 3.05) is 23.3 Å². The third kappa shape index (κ3) is 3.28. The van der Waals surface area contributed by atoms with Gasteiger partial charge in [0.2, 0.25) is 0 Å². The molecule has 0 amide bonds. The van der Waals surface area contributed by atoms with Gasteiger partial charge in [-0.15, -0.1) is 0 Å². The van der Waals surface area contributed by atoms with Gasteiger partial charge in [0.05, 0.1) is 11.7 Å². The lowest BCUT2D eigenvalue weighted by atomic mass is 10.1. The Bertz CT molecular complexity index is 676. The lowest BCUT2D eigenvalue weighted by molar-refractivity contribution is 0.544. The molecule has 1 atom stereocenters. The molecule has 1 aliphatic heterocycles. The smallest absolute Gasteiger partial charge is 0.148 e. The molecule has 0 aromatic heterocycles. The van der Waals surface area contributed by atoms with Crippen molar-refractivity contribution in [2.45, 2.75) is 25.8 Å². The van der Waals surface area contributed by atoms with E-state index in [9.17, 15) is 13.2 Å². The molecule has 1 fully saturated rings. The van der Waals surface area contributed by atoms with E-state index >= 15 is 0 Å². The van der Waals surface area contributed by atoms with E-state index in [1.165, 1.54) is 24.3 Å². The van der Waals surface area contributed by atoms with E-state index in [0.717, 1.165) is 25.9 Å². The molecule has 1 N–H and O–H groups in total. The van der Waals surface area contributed by atoms with Crippen LogP contribution in [0.3, 0.4) is 0 Å². The second-order valence-corrected chi connectivity index (χ2v) is 5.86. The van der Waals surface area contributed by atoms with Gasteiger partial charge < -0.3 is 10.2 Å². The summed E-state index contributed by atoms with van der Waals surface area (Å²) in [7, 11) is 0.